The third-order valence-electron chi connectivity index (χ3n) is 2.54. The van der Waals surface area contributed by atoms with Crippen LogP contribution in [0.25, 0.3) is 11.1 Å². The normalized spacial score (nSPS) is 16.5. The lowest BCUT2D eigenvalue weighted by atomic mass is 10.3. The number of para-hydroxylation sites is 1. The highest BCUT2D eigenvalue weighted by atomic mass is 32.2. The van der Waals surface area contributed by atoms with E-state index in [0.29, 0.717) is 10.9 Å². The predicted molar refractivity (Wildman–Crippen MR) is 64.3 cm³/mol. The van der Waals surface area contributed by atoms with E-state index in [4.69, 9.17) is 14.9 Å². The van der Waals surface area contributed by atoms with Crippen LogP contribution in [0, 0.1) is 0 Å². The van der Waals surface area contributed by atoms with Gasteiger partial charge in [0.2, 0.25) is 5.89 Å². The van der Waals surface area contributed by atoms with Crippen molar-refractivity contribution >= 4 is 28.5 Å². The highest BCUT2D eigenvalue weighted by Gasteiger charge is 2.19. The molecule has 1 aromatic carbocycles. The van der Waals surface area contributed by atoms with E-state index in [1.807, 2.05) is 30.0 Å². The Morgan fingerprint density at radius 1 is 1.44 bits per heavy atom. The average molecular weight is 236 g/mol. The maximum absolute atomic E-state index is 5.81. The van der Waals surface area contributed by atoms with Gasteiger partial charge in [0, 0.05) is 0 Å². The van der Waals surface area contributed by atoms with Crippen LogP contribution < -0.4 is 5.73 Å². The Hall–Kier alpha value is -1.20. The third-order valence-corrected chi connectivity index (χ3v) is 3.70. The zero-order valence-electron chi connectivity index (χ0n) is 8.68. The van der Waals surface area contributed by atoms with Crippen LogP contribution in [0.1, 0.15) is 5.89 Å². The first-order chi connectivity index (χ1) is 7.83. The summed E-state index contributed by atoms with van der Waals surface area (Å²) in [5.74, 6) is 1.52. The van der Waals surface area contributed by atoms with E-state index in [9.17, 15) is 0 Å². The second kappa shape index (κ2) is 3.99. The van der Waals surface area contributed by atoms with Crippen molar-refractivity contribution in [3.63, 3.8) is 0 Å². The van der Waals surface area contributed by atoms with Gasteiger partial charge in [-0.05, 0) is 12.1 Å². The predicted octanol–water partition coefficient (Wildman–Crippen LogP) is 2.04. The molecule has 1 saturated heterocycles. The number of ether oxygens (including phenoxy) is 1. The van der Waals surface area contributed by atoms with Crippen molar-refractivity contribution < 1.29 is 9.15 Å². The number of anilines is 1. The van der Waals surface area contributed by atoms with Crippen molar-refractivity contribution in [2.75, 3.05) is 18.9 Å². The summed E-state index contributed by atoms with van der Waals surface area (Å²) in [4.78, 5) is 4.39. The Labute approximate surface area is 97.2 Å². The van der Waals surface area contributed by atoms with Gasteiger partial charge >= 0.3 is 0 Å². The van der Waals surface area contributed by atoms with Crippen molar-refractivity contribution in [2.45, 2.75) is 11.0 Å². The summed E-state index contributed by atoms with van der Waals surface area (Å²) in [6.45, 7) is 1.68. The molecule has 0 radical (unpaired) electrons. The van der Waals surface area contributed by atoms with Crippen molar-refractivity contribution in [1.29, 1.82) is 0 Å². The molecule has 3 rings (SSSR count). The number of rotatable bonds is 3. The molecule has 0 saturated carbocycles. The van der Waals surface area contributed by atoms with Crippen LogP contribution in [0.5, 0.6) is 0 Å². The van der Waals surface area contributed by atoms with Gasteiger partial charge in [0.15, 0.2) is 5.58 Å². The number of nitrogens with zero attached hydrogens (tertiary/aromatic N) is 1. The molecule has 1 aliphatic rings. The molecule has 1 fully saturated rings. The second-order valence-corrected chi connectivity index (χ2v) is 5.06. The second-order valence-electron chi connectivity index (χ2n) is 3.77. The van der Waals surface area contributed by atoms with Crippen molar-refractivity contribution in [3.05, 3.63) is 24.1 Å². The van der Waals surface area contributed by atoms with Gasteiger partial charge in [-0.25, -0.2) is 4.98 Å². The first kappa shape index (κ1) is 9.99. The van der Waals surface area contributed by atoms with Gasteiger partial charge < -0.3 is 14.9 Å². The maximum Gasteiger partial charge on any atom is 0.205 e. The molecule has 2 heterocycles. The molecular formula is C11H12N2O2S. The zero-order chi connectivity index (χ0) is 11.0. The average Bonchev–Trinajstić information content (AvgIpc) is 2.60. The topological polar surface area (TPSA) is 61.3 Å². The number of nitrogens with two attached hydrogens (primary N) is 1. The molecule has 16 heavy (non-hydrogen) atoms. The number of nitrogen functional groups attached to an aromatic ring is 1. The minimum absolute atomic E-state index is 0.590. The molecule has 0 spiro atoms. The van der Waals surface area contributed by atoms with Crippen LogP contribution in [-0.2, 0) is 10.5 Å². The van der Waals surface area contributed by atoms with Crippen LogP contribution in [-0.4, -0.2) is 23.4 Å². The fourth-order valence-electron chi connectivity index (χ4n) is 1.58. The van der Waals surface area contributed by atoms with Gasteiger partial charge in [0.05, 0.1) is 29.9 Å². The molecule has 0 unspecified atom stereocenters. The van der Waals surface area contributed by atoms with Gasteiger partial charge in [-0.2, -0.15) is 0 Å². The van der Waals surface area contributed by atoms with Crippen molar-refractivity contribution in [3.8, 4) is 0 Å². The number of aromatic nitrogens is 1. The first-order valence-corrected chi connectivity index (χ1v) is 6.21. The van der Waals surface area contributed by atoms with Crippen LogP contribution >= 0.6 is 11.8 Å². The Balaban J connectivity index is 1.79. The van der Waals surface area contributed by atoms with Gasteiger partial charge in [-0.15, -0.1) is 11.8 Å². The maximum atomic E-state index is 5.81. The van der Waals surface area contributed by atoms with Crippen molar-refractivity contribution in [2.24, 2.45) is 0 Å². The highest BCUT2D eigenvalue weighted by molar-refractivity contribution is 7.99. The lowest BCUT2D eigenvalue weighted by Crippen LogP contribution is -2.30. The number of hydrogen-bond acceptors (Lipinski definition) is 5. The summed E-state index contributed by atoms with van der Waals surface area (Å²) < 4.78 is 10.7. The molecule has 1 aromatic heterocycles. The molecular weight excluding hydrogens is 224 g/mol. The summed E-state index contributed by atoms with van der Waals surface area (Å²) in [5.41, 5.74) is 8.02. The molecule has 84 valence electrons. The van der Waals surface area contributed by atoms with Crippen LogP contribution in [0.2, 0.25) is 0 Å². The van der Waals surface area contributed by atoms with E-state index in [1.165, 1.54) is 0 Å². The van der Waals surface area contributed by atoms with Gasteiger partial charge in [0.25, 0.3) is 0 Å². The number of fused-ring (bicyclic) bond motifs is 1. The Morgan fingerprint density at radius 2 is 2.31 bits per heavy atom. The molecule has 0 atom stereocenters. The minimum Gasteiger partial charge on any atom is -0.440 e. The van der Waals surface area contributed by atoms with Gasteiger partial charge in [0.1, 0.15) is 5.52 Å². The van der Waals surface area contributed by atoms with E-state index >= 15 is 0 Å². The SMILES string of the molecule is Nc1cccc2oc(CSC3COC3)nc12. The smallest absolute Gasteiger partial charge is 0.205 e. The highest BCUT2D eigenvalue weighted by Crippen LogP contribution is 2.26. The zero-order valence-corrected chi connectivity index (χ0v) is 9.50. The molecule has 2 aromatic rings. The minimum atomic E-state index is 0.590. The summed E-state index contributed by atoms with van der Waals surface area (Å²) in [6, 6.07) is 5.60. The Kier molecular flexibility index (Phi) is 2.49. The van der Waals surface area contributed by atoms with E-state index < -0.39 is 0 Å². The number of oxazole rings is 1. The molecule has 0 aliphatic carbocycles. The van der Waals surface area contributed by atoms with E-state index in [0.717, 1.165) is 36.0 Å². The number of thioether (sulfide) groups is 1. The summed E-state index contributed by atoms with van der Waals surface area (Å²) >= 11 is 1.82. The van der Waals surface area contributed by atoms with Crippen LogP contribution in [0.3, 0.4) is 0 Å². The van der Waals surface area contributed by atoms with Gasteiger partial charge in [-0.3, -0.25) is 0 Å². The Bertz CT molecular complexity index is 508. The van der Waals surface area contributed by atoms with Crippen LogP contribution in [0.4, 0.5) is 5.69 Å². The van der Waals surface area contributed by atoms with Gasteiger partial charge in [-0.1, -0.05) is 6.07 Å². The molecule has 1 aliphatic heterocycles. The lowest BCUT2D eigenvalue weighted by Gasteiger charge is -2.24. The molecule has 4 nitrogen and oxygen atoms in total. The lowest BCUT2D eigenvalue weighted by molar-refractivity contribution is 0.0454. The van der Waals surface area contributed by atoms with Crippen LogP contribution in [0.15, 0.2) is 22.6 Å². The molecule has 0 amide bonds. The molecule has 5 heteroatoms. The Morgan fingerprint density at radius 3 is 3.00 bits per heavy atom. The van der Waals surface area contributed by atoms with Crippen molar-refractivity contribution in [1.82, 2.24) is 4.98 Å². The molecule has 2 N–H and O–H groups in total. The monoisotopic (exact) mass is 236 g/mol. The standard InChI is InChI=1S/C11H12N2O2S/c12-8-2-1-3-9-11(8)13-10(15-9)6-16-7-4-14-5-7/h1-3,7H,4-6,12H2. The number of hydrogen-bond donors (Lipinski definition) is 1. The quantitative estimate of drug-likeness (QED) is 0.826. The summed E-state index contributed by atoms with van der Waals surface area (Å²) in [7, 11) is 0. The fraction of sp³-hybridized carbons (Fsp3) is 0.364. The third kappa shape index (κ3) is 1.76. The van der Waals surface area contributed by atoms with E-state index in [-0.39, 0.29) is 0 Å². The van der Waals surface area contributed by atoms with E-state index in [2.05, 4.69) is 4.98 Å². The van der Waals surface area contributed by atoms with E-state index in [1.54, 1.807) is 0 Å². The molecule has 0 bridgehead atoms. The summed E-state index contributed by atoms with van der Waals surface area (Å²) in [6.07, 6.45) is 0. The summed E-state index contributed by atoms with van der Waals surface area (Å²) in [5, 5.41) is 0.590. The largest absolute Gasteiger partial charge is 0.440 e. The first-order valence-electron chi connectivity index (χ1n) is 5.16. The number of benzene rings is 1. The fourth-order valence-corrected chi connectivity index (χ4v) is 2.46.